The van der Waals surface area contributed by atoms with Gasteiger partial charge in [0.15, 0.2) is 11.6 Å². The molecule has 3 aliphatic rings. The van der Waals surface area contributed by atoms with E-state index in [0.29, 0.717) is 41.6 Å². The van der Waals surface area contributed by atoms with Crippen molar-refractivity contribution in [2.24, 2.45) is 0 Å². The third-order valence-corrected chi connectivity index (χ3v) is 11.2. The van der Waals surface area contributed by atoms with Gasteiger partial charge in [-0.25, -0.2) is 28.7 Å². The average molecular weight is 749 g/mol. The molecule has 0 saturated carbocycles. The van der Waals surface area contributed by atoms with Gasteiger partial charge in [0.2, 0.25) is 17.8 Å². The molecular weight excluding hydrogens is 703 g/mol. The second kappa shape index (κ2) is 15.4. The van der Waals surface area contributed by atoms with Crippen molar-refractivity contribution in [2.45, 2.75) is 71.0 Å². The van der Waals surface area contributed by atoms with Gasteiger partial charge in [-0.15, -0.1) is 0 Å². The summed E-state index contributed by atoms with van der Waals surface area (Å²) in [6, 6.07) is 15.8. The Balaban J connectivity index is 0.825. The number of carbonyl (C=O) groups is 2. The molecule has 5 aromatic rings. The third kappa shape index (κ3) is 7.78. The molecule has 14 heteroatoms. The monoisotopic (exact) mass is 748 g/mol. The topological polar surface area (TPSA) is 124 Å². The predicted molar refractivity (Wildman–Crippen MR) is 207 cm³/mol. The fourth-order valence-corrected chi connectivity index (χ4v) is 8.35. The lowest BCUT2D eigenvalue weighted by atomic mass is 9.90. The van der Waals surface area contributed by atoms with Crippen molar-refractivity contribution in [3.63, 3.8) is 0 Å². The molecule has 2 N–H and O–H groups in total. The summed E-state index contributed by atoms with van der Waals surface area (Å²) >= 11 is 0. The van der Waals surface area contributed by atoms with Gasteiger partial charge >= 0.3 is 0 Å². The number of benzene rings is 2. The molecule has 0 spiro atoms. The molecule has 0 aliphatic carbocycles. The maximum Gasteiger partial charge on any atom is 0.234 e. The number of anilines is 3. The summed E-state index contributed by atoms with van der Waals surface area (Å²) in [7, 11) is 0. The van der Waals surface area contributed by atoms with Gasteiger partial charge in [-0.05, 0) is 75.4 Å². The normalized spacial score (nSPS) is 19.0. The lowest BCUT2D eigenvalue weighted by Crippen LogP contribution is -2.53. The number of fused-ring (bicyclic) bond motifs is 1. The average Bonchev–Trinajstić information content (AvgIpc) is 3.53. The molecule has 3 saturated heterocycles. The number of aromatic nitrogens is 5. The van der Waals surface area contributed by atoms with Gasteiger partial charge in [0, 0.05) is 69.9 Å². The molecule has 12 nitrogen and oxygen atoms in total. The van der Waals surface area contributed by atoms with Crippen LogP contribution in [0.1, 0.15) is 68.4 Å². The first kappa shape index (κ1) is 36.6. The molecule has 55 heavy (non-hydrogen) atoms. The van der Waals surface area contributed by atoms with Gasteiger partial charge in [0.05, 0.1) is 29.5 Å². The summed E-state index contributed by atoms with van der Waals surface area (Å²) in [5, 5.41) is 5.53. The zero-order chi connectivity index (χ0) is 38.2. The van der Waals surface area contributed by atoms with E-state index in [4.69, 9.17) is 0 Å². The van der Waals surface area contributed by atoms with E-state index in [0.717, 1.165) is 76.1 Å². The van der Waals surface area contributed by atoms with Crippen LogP contribution in [-0.2, 0) is 16.1 Å². The minimum absolute atomic E-state index is 0.00770. The van der Waals surface area contributed by atoms with Gasteiger partial charge in [0.1, 0.15) is 22.9 Å². The Morgan fingerprint density at radius 3 is 2.33 bits per heavy atom. The molecule has 6 heterocycles. The number of rotatable bonds is 9. The van der Waals surface area contributed by atoms with Crippen LogP contribution in [-0.4, -0.2) is 91.4 Å². The Labute approximate surface area is 319 Å². The fraction of sp³-hybridized carbons (Fsp3) is 0.415. The van der Waals surface area contributed by atoms with Crippen LogP contribution in [0.15, 0.2) is 60.9 Å². The second-order valence-electron chi connectivity index (χ2n) is 15.1. The first-order valence-corrected chi connectivity index (χ1v) is 19.2. The van der Waals surface area contributed by atoms with Gasteiger partial charge in [-0.3, -0.25) is 24.7 Å². The molecule has 3 aliphatic heterocycles. The summed E-state index contributed by atoms with van der Waals surface area (Å²) in [5.41, 5.74) is 4.38. The number of hydrogen-bond acceptors (Lipinski definition) is 10. The van der Waals surface area contributed by atoms with Crippen LogP contribution >= 0.6 is 0 Å². The molecule has 0 radical (unpaired) electrons. The number of imide groups is 1. The molecule has 286 valence electrons. The Morgan fingerprint density at radius 1 is 0.873 bits per heavy atom. The number of piperazine rings is 1. The SMILES string of the molecule is Cc1nc2c(F)cc(-c3nc(Nc4ccc(N5CCC(N6CCN(Cc7ccc(C8CCC(=O)NC8=O)cc7)CC6)CC5)cn4)ncc3F)cc2n1C(C)C. The van der Waals surface area contributed by atoms with Crippen LogP contribution in [0.4, 0.5) is 26.2 Å². The maximum atomic E-state index is 15.1. The van der Waals surface area contributed by atoms with Crippen molar-refractivity contribution in [3.8, 4) is 11.3 Å². The van der Waals surface area contributed by atoms with Crippen LogP contribution in [0.2, 0.25) is 0 Å². The van der Waals surface area contributed by atoms with Crippen molar-refractivity contribution in [3.05, 3.63) is 89.5 Å². The molecule has 8 rings (SSSR count). The van der Waals surface area contributed by atoms with E-state index >= 15 is 8.78 Å². The summed E-state index contributed by atoms with van der Waals surface area (Å²) < 4.78 is 32.1. The smallest absolute Gasteiger partial charge is 0.234 e. The predicted octanol–water partition coefficient (Wildman–Crippen LogP) is 6.11. The zero-order valence-corrected chi connectivity index (χ0v) is 31.4. The summed E-state index contributed by atoms with van der Waals surface area (Å²) in [6.45, 7) is 12.7. The van der Waals surface area contributed by atoms with Crippen molar-refractivity contribution >= 4 is 40.3 Å². The van der Waals surface area contributed by atoms with Crippen LogP contribution < -0.4 is 15.5 Å². The molecule has 3 fully saturated rings. The van der Waals surface area contributed by atoms with Gasteiger partial charge < -0.3 is 14.8 Å². The van der Waals surface area contributed by atoms with Crippen LogP contribution in [0, 0.1) is 18.6 Å². The highest BCUT2D eigenvalue weighted by molar-refractivity contribution is 6.00. The number of piperidine rings is 2. The number of hydrogen-bond donors (Lipinski definition) is 2. The number of nitrogens with one attached hydrogen (secondary N) is 2. The molecule has 1 unspecified atom stereocenters. The number of pyridine rings is 1. The summed E-state index contributed by atoms with van der Waals surface area (Å²) in [5.74, 6) is -0.445. The van der Waals surface area contributed by atoms with Crippen molar-refractivity contribution < 1.29 is 18.4 Å². The van der Waals surface area contributed by atoms with E-state index in [2.05, 4.69) is 57.4 Å². The third-order valence-electron chi connectivity index (χ3n) is 11.2. The number of halogens is 2. The van der Waals surface area contributed by atoms with E-state index in [1.54, 1.807) is 6.07 Å². The van der Waals surface area contributed by atoms with Gasteiger partial charge in [-0.2, -0.15) is 0 Å². The van der Waals surface area contributed by atoms with Crippen LogP contribution in [0.25, 0.3) is 22.3 Å². The highest BCUT2D eigenvalue weighted by Gasteiger charge is 2.29. The fourth-order valence-electron chi connectivity index (χ4n) is 8.35. The van der Waals surface area contributed by atoms with Crippen LogP contribution in [0.3, 0.4) is 0 Å². The molecule has 0 bridgehead atoms. The number of imidazole rings is 1. The Kier molecular flexibility index (Phi) is 10.3. The number of amides is 2. The number of nitrogens with zero attached hydrogens (tertiary/aromatic N) is 8. The zero-order valence-electron chi connectivity index (χ0n) is 31.4. The number of carbonyl (C=O) groups excluding carboxylic acids is 2. The van der Waals surface area contributed by atoms with Gasteiger partial charge in [-0.1, -0.05) is 24.3 Å². The molecule has 2 aromatic carbocycles. The van der Waals surface area contributed by atoms with E-state index in [1.807, 2.05) is 55.8 Å². The quantitative estimate of drug-likeness (QED) is 0.171. The Morgan fingerprint density at radius 2 is 1.64 bits per heavy atom. The summed E-state index contributed by atoms with van der Waals surface area (Å²) in [4.78, 5) is 48.8. The van der Waals surface area contributed by atoms with Crippen LogP contribution in [0.5, 0.6) is 0 Å². The highest BCUT2D eigenvalue weighted by atomic mass is 19.1. The van der Waals surface area contributed by atoms with E-state index in [9.17, 15) is 9.59 Å². The van der Waals surface area contributed by atoms with E-state index in [1.165, 1.54) is 11.6 Å². The number of aryl methyl sites for hydroxylation is 1. The minimum Gasteiger partial charge on any atom is -0.370 e. The Hall–Kier alpha value is -5.34. The standard InChI is InChI=1S/C41H46F2N10O2/c1-25(2)53-26(3)46-39-33(42)20-29(21-35(39)53)38-34(43)23-45-41(49-38)47-36-10-8-31(22-44-36)51-14-12-30(13-15-51)52-18-16-50(17-19-52)24-27-4-6-28(7-5-27)32-9-11-37(54)48-40(32)55/h4-8,10,20-23,25,30,32H,9,11-19,24H2,1-3H3,(H,48,54,55)(H,44,45,47,49). The van der Waals surface area contributed by atoms with Crippen molar-refractivity contribution in [1.82, 2.24) is 39.6 Å². The highest BCUT2D eigenvalue weighted by Crippen LogP contribution is 2.31. The molecule has 2 amide bonds. The van der Waals surface area contributed by atoms with Crippen molar-refractivity contribution in [1.29, 1.82) is 0 Å². The molecule has 1 atom stereocenters. The first-order chi connectivity index (χ1) is 26.6. The maximum absolute atomic E-state index is 15.1. The van der Waals surface area contributed by atoms with Gasteiger partial charge in [0.25, 0.3) is 0 Å². The lowest BCUT2D eigenvalue weighted by Gasteiger charge is -2.43. The molecular formula is C41H46F2N10O2. The minimum atomic E-state index is -0.652. The molecule has 3 aromatic heterocycles. The van der Waals surface area contributed by atoms with Crippen molar-refractivity contribution in [2.75, 3.05) is 49.5 Å². The largest absolute Gasteiger partial charge is 0.370 e. The lowest BCUT2D eigenvalue weighted by molar-refractivity contribution is -0.134. The summed E-state index contributed by atoms with van der Waals surface area (Å²) in [6.07, 6.45) is 6.04. The Bertz CT molecular complexity index is 2190. The second-order valence-corrected chi connectivity index (χ2v) is 15.1. The first-order valence-electron chi connectivity index (χ1n) is 19.2. The van der Waals surface area contributed by atoms with E-state index < -0.39 is 11.6 Å². The van der Waals surface area contributed by atoms with E-state index in [-0.39, 0.29) is 40.9 Å².